The molecule has 0 amide bonds. The number of nitrogens with one attached hydrogen (secondary N) is 1. The van der Waals surface area contributed by atoms with Gasteiger partial charge >= 0.3 is 5.97 Å². The van der Waals surface area contributed by atoms with Crippen molar-refractivity contribution in [2.75, 3.05) is 5.32 Å². The Morgan fingerprint density at radius 1 is 1.29 bits per heavy atom. The Morgan fingerprint density at radius 3 is 2.82 bits per heavy atom. The first kappa shape index (κ1) is 11.0. The molecule has 0 bridgehead atoms. The van der Waals surface area contributed by atoms with Gasteiger partial charge in [-0.1, -0.05) is 0 Å². The van der Waals surface area contributed by atoms with Gasteiger partial charge in [-0.3, -0.25) is 14.8 Å². The average molecular weight is 230 g/mol. The number of carbonyl (C=O) groups is 1. The van der Waals surface area contributed by atoms with Crippen molar-refractivity contribution in [3.63, 3.8) is 0 Å². The first-order chi connectivity index (χ1) is 8.25. The summed E-state index contributed by atoms with van der Waals surface area (Å²) in [6.07, 6.45) is 6.08. The van der Waals surface area contributed by atoms with Crippen molar-refractivity contribution in [2.24, 2.45) is 0 Å². The van der Waals surface area contributed by atoms with Crippen LogP contribution in [0.5, 0.6) is 0 Å². The third kappa shape index (κ3) is 2.97. The van der Waals surface area contributed by atoms with E-state index in [1.165, 1.54) is 12.4 Å². The van der Waals surface area contributed by atoms with Crippen LogP contribution in [0.1, 0.15) is 5.69 Å². The lowest BCUT2D eigenvalue weighted by atomic mass is 10.3. The van der Waals surface area contributed by atoms with Crippen molar-refractivity contribution in [1.82, 2.24) is 15.0 Å². The van der Waals surface area contributed by atoms with Gasteiger partial charge in [0.1, 0.15) is 0 Å². The summed E-state index contributed by atoms with van der Waals surface area (Å²) in [7, 11) is 0. The molecule has 0 atom stereocenters. The number of carboxylic acids is 1. The Labute approximate surface area is 97.4 Å². The fraction of sp³-hybridized carbons (Fsp3) is 0.0909. The number of nitrogens with zero attached hydrogens (tertiary/aromatic N) is 3. The third-order valence-electron chi connectivity index (χ3n) is 2.02. The number of aromatic nitrogens is 3. The van der Waals surface area contributed by atoms with Gasteiger partial charge in [0.05, 0.1) is 24.0 Å². The molecule has 6 heteroatoms. The second-order valence-corrected chi connectivity index (χ2v) is 3.29. The number of rotatable bonds is 4. The van der Waals surface area contributed by atoms with Crippen LogP contribution < -0.4 is 5.32 Å². The van der Waals surface area contributed by atoms with Gasteiger partial charge in [0.25, 0.3) is 0 Å². The summed E-state index contributed by atoms with van der Waals surface area (Å²) in [5.41, 5.74) is 1.13. The SMILES string of the molecule is O=C(O)Cc1nccnc1Nc1cccnc1. The molecule has 0 saturated carbocycles. The van der Waals surface area contributed by atoms with Crippen LogP contribution >= 0.6 is 0 Å². The lowest BCUT2D eigenvalue weighted by Crippen LogP contribution is -2.07. The Balaban J connectivity index is 2.23. The van der Waals surface area contributed by atoms with Crippen LogP contribution in [0.3, 0.4) is 0 Å². The van der Waals surface area contributed by atoms with Crippen molar-refractivity contribution in [2.45, 2.75) is 6.42 Å². The fourth-order valence-corrected chi connectivity index (χ4v) is 1.32. The predicted octanol–water partition coefficient (Wildman–Crippen LogP) is 1.24. The predicted molar refractivity (Wildman–Crippen MR) is 60.9 cm³/mol. The van der Waals surface area contributed by atoms with E-state index >= 15 is 0 Å². The van der Waals surface area contributed by atoms with E-state index in [9.17, 15) is 4.79 Å². The minimum atomic E-state index is -0.945. The van der Waals surface area contributed by atoms with Crippen molar-refractivity contribution < 1.29 is 9.90 Å². The highest BCUT2D eigenvalue weighted by Gasteiger charge is 2.09. The Hall–Kier alpha value is -2.50. The van der Waals surface area contributed by atoms with Crippen LogP contribution in [0.4, 0.5) is 11.5 Å². The average Bonchev–Trinajstić information content (AvgIpc) is 2.32. The maximum absolute atomic E-state index is 10.7. The number of pyridine rings is 1. The largest absolute Gasteiger partial charge is 0.481 e. The zero-order valence-corrected chi connectivity index (χ0v) is 8.87. The van der Waals surface area contributed by atoms with E-state index in [2.05, 4.69) is 20.3 Å². The summed E-state index contributed by atoms with van der Waals surface area (Å²) in [6, 6.07) is 3.59. The highest BCUT2D eigenvalue weighted by atomic mass is 16.4. The molecule has 17 heavy (non-hydrogen) atoms. The molecule has 0 saturated heterocycles. The minimum Gasteiger partial charge on any atom is -0.481 e. The van der Waals surface area contributed by atoms with Gasteiger partial charge < -0.3 is 10.4 Å². The first-order valence-corrected chi connectivity index (χ1v) is 4.94. The van der Waals surface area contributed by atoms with E-state index in [1.807, 2.05) is 6.07 Å². The van der Waals surface area contributed by atoms with Crippen LogP contribution in [-0.2, 0) is 11.2 Å². The van der Waals surface area contributed by atoms with Gasteiger partial charge in [-0.25, -0.2) is 4.98 Å². The Bertz CT molecular complexity index is 516. The number of carboxylic acid groups (broad SMARTS) is 1. The highest BCUT2D eigenvalue weighted by molar-refractivity contribution is 5.72. The zero-order valence-electron chi connectivity index (χ0n) is 8.87. The summed E-state index contributed by atoms with van der Waals surface area (Å²) in [4.78, 5) is 22.7. The zero-order chi connectivity index (χ0) is 12.1. The molecule has 0 aliphatic rings. The van der Waals surface area contributed by atoms with Gasteiger partial charge in [-0.2, -0.15) is 0 Å². The van der Waals surface area contributed by atoms with Gasteiger partial charge in [-0.05, 0) is 12.1 Å². The van der Waals surface area contributed by atoms with Crippen LogP contribution in [0.25, 0.3) is 0 Å². The molecule has 2 N–H and O–H groups in total. The summed E-state index contributed by atoms with van der Waals surface area (Å²) < 4.78 is 0. The maximum Gasteiger partial charge on any atom is 0.309 e. The van der Waals surface area contributed by atoms with E-state index < -0.39 is 5.97 Å². The van der Waals surface area contributed by atoms with Crippen LogP contribution in [0.15, 0.2) is 36.9 Å². The van der Waals surface area contributed by atoms with E-state index in [0.717, 1.165) is 5.69 Å². The molecule has 86 valence electrons. The number of aliphatic carboxylic acids is 1. The summed E-state index contributed by atoms with van der Waals surface area (Å²) >= 11 is 0. The molecule has 2 heterocycles. The van der Waals surface area contributed by atoms with Crippen molar-refractivity contribution in [1.29, 1.82) is 0 Å². The van der Waals surface area contributed by atoms with Crippen LogP contribution in [-0.4, -0.2) is 26.0 Å². The first-order valence-electron chi connectivity index (χ1n) is 4.94. The molecule has 2 aromatic heterocycles. The second kappa shape index (κ2) is 5.02. The highest BCUT2D eigenvalue weighted by Crippen LogP contribution is 2.15. The maximum atomic E-state index is 10.7. The molecule has 0 aromatic carbocycles. The van der Waals surface area contributed by atoms with E-state index in [-0.39, 0.29) is 6.42 Å². The van der Waals surface area contributed by atoms with Crippen LogP contribution in [0.2, 0.25) is 0 Å². The monoisotopic (exact) mass is 230 g/mol. The van der Waals surface area contributed by atoms with E-state index in [0.29, 0.717) is 11.5 Å². The molecule has 0 fully saturated rings. The molecule has 0 unspecified atom stereocenters. The quantitative estimate of drug-likeness (QED) is 0.821. The molecular weight excluding hydrogens is 220 g/mol. The molecule has 0 spiro atoms. The van der Waals surface area contributed by atoms with Gasteiger partial charge in [0, 0.05) is 18.6 Å². The summed E-state index contributed by atoms with van der Waals surface area (Å²) in [5, 5.41) is 11.7. The molecule has 0 aliphatic carbocycles. The van der Waals surface area contributed by atoms with Gasteiger partial charge in [0.15, 0.2) is 5.82 Å². The van der Waals surface area contributed by atoms with Crippen LogP contribution in [0, 0.1) is 0 Å². The Morgan fingerprint density at radius 2 is 2.12 bits per heavy atom. The normalized spacial score (nSPS) is 9.88. The molecule has 6 nitrogen and oxygen atoms in total. The van der Waals surface area contributed by atoms with Crippen molar-refractivity contribution >= 4 is 17.5 Å². The Kier molecular flexibility index (Phi) is 3.25. The molecule has 2 aromatic rings. The van der Waals surface area contributed by atoms with Gasteiger partial charge in [0.2, 0.25) is 0 Å². The topological polar surface area (TPSA) is 88.0 Å². The number of hydrogen-bond acceptors (Lipinski definition) is 5. The molecule has 0 radical (unpaired) electrons. The number of anilines is 2. The lowest BCUT2D eigenvalue weighted by molar-refractivity contribution is -0.136. The number of hydrogen-bond donors (Lipinski definition) is 2. The summed E-state index contributed by atoms with van der Waals surface area (Å²) in [5.74, 6) is -0.511. The fourth-order valence-electron chi connectivity index (χ4n) is 1.32. The molecular formula is C11H10N4O2. The van der Waals surface area contributed by atoms with Gasteiger partial charge in [-0.15, -0.1) is 0 Å². The molecule has 2 rings (SSSR count). The van der Waals surface area contributed by atoms with Crippen molar-refractivity contribution in [3.05, 3.63) is 42.6 Å². The van der Waals surface area contributed by atoms with Crippen molar-refractivity contribution in [3.8, 4) is 0 Å². The minimum absolute atomic E-state index is 0.170. The summed E-state index contributed by atoms with van der Waals surface area (Å²) in [6.45, 7) is 0. The lowest BCUT2D eigenvalue weighted by Gasteiger charge is -2.07. The second-order valence-electron chi connectivity index (χ2n) is 3.29. The van der Waals surface area contributed by atoms with E-state index in [1.54, 1.807) is 18.5 Å². The van der Waals surface area contributed by atoms with E-state index in [4.69, 9.17) is 5.11 Å². The smallest absolute Gasteiger partial charge is 0.309 e. The third-order valence-corrected chi connectivity index (χ3v) is 2.02. The standard InChI is InChI=1S/C11H10N4O2/c16-10(17)6-9-11(14-5-4-13-9)15-8-2-1-3-12-7-8/h1-5,7H,6H2,(H,14,15)(H,16,17). The molecule has 0 aliphatic heterocycles.